The summed E-state index contributed by atoms with van der Waals surface area (Å²) in [7, 11) is -4.58. The molecule has 14 nitrogen and oxygen atoms in total. The molecule has 0 amide bonds. The number of aliphatic hydroxyl groups is 2. The van der Waals surface area contributed by atoms with E-state index in [0.717, 1.165) is 0 Å². The number of ether oxygens (including phenoxy) is 2. The molecule has 5 N–H and O–H groups in total. The van der Waals surface area contributed by atoms with Crippen molar-refractivity contribution >= 4 is 25.1 Å². The summed E-state index contributed by atoms with van der Waals surface area (Å²) in [4.78, 5) is 16.8. The summed E-state index contributed by atoms with van der Waals surface area (Å²) < 4.78 is 76.9. The van der Waals surface area contributed by atoms with Gasteiger partial charge in [-0.1, -0.05) is 18.2 Å². The van der Waals surface area contributed by atoms with Gasteiger partial charge in [0.25, 0.3) is 0 Å². The summed E-state index contributed by atoms with van der Waals surface area (Å²) >= 11 is 0. The monoisotopic (exact) mass is 668 g/mol. The second-order valence-electron chi connectivity index (χ2n) is 11.2. The topological polar surface area (TPSA) is 204 Å². The van der Waals surface area contributed by atoms with Crippen molar-refractivity contribution in [1.82, 2.24) is 19.7 Å². The fourth-order valence-electron chi connectivity index (χ4n) is 5.43. The minimum atomic E-state index is -4.58. The van der Waals surface area contributed by atoms with Crippen molar-refractivity contribution in [2.45, 2.75) is 74.8 Å². The number of carbonyl (C=O) groups is 1. The van der Waals surface area contributed by atoms with Gasteiger partial charge in [0, 0.05) is 0 Å². The van der Waals surface area contributed by atoms with Gasteiger partial charge in [-0.15, -0.1) is 0 Å². The number of nitrogen functional groups attached to an aromatic ring is 1. The third kappa shape index (κ3) is 6.97. The Hall–Kier alpha value is -3.78. The van der Waals surface area contributed by atoms with E-state index in [-0.39, 0.29) is 42.9 Å². The molecule has 3 aromatic rings. The second kappa shape index (κ2) is 13.1. The Morgan fingerprint density at radius 2 is 1.93 bits per heavy atom. The lowest BCUT2D eigenvalue weighted by atomic mass is 9.87. The Labute approximate surface area is 260 Å². The molecule has 1 saturated heterocycles. The summed E-state index contributed by atoms with van der Waals surface area (Å²) in [6.45, 7) is 0.388. The second-order valence-corrected chi connectivity index (χ2v) is 12.8. The van der Waals surface area contributed by atoms with Gasteiger partial charge >= 0.3 is 19.9 Å². The van der Waals surface area contributed by atoms with Crippen LogP contribution in [0, 0.1) is 17.2 Å². The van der Waals surface area contributed by atoms with Gasteiger partial charge in [-0.05, 0) is 56.9 Å². The molecule has 0 unspecified atom stereocenters. The number of halogens is 3. The van der Waals surface area contributed by atoms with Gasteiger partial charge in [0.1, 0.15) is 60.7 Å². The number of benzene rings is 1. The molecule has 6 atom stereocenters. The Balaban J connectivity index is 1.31. The van der Waals surface area contributed by atoms with Crippen LogP contribution in [0.15, 0.2) is 48.8 Å². The number of para-hydroxylation sites is 1. The van der Waals surface area contributed by atoms with E-state index < -0.39 is 68.5 Å². The van der Waals surface area contributed by atoms with Gasteiger partial charge in [-0.25, -0.2) is 14.1 Å². The van der Waals surface area contributed by atoms with E-state index in [9.17, 15) is 38.0 Å². The number of nitrogens with zero attached hydrogens (tertiary/aromatic N) is 4. The summed E-state index contributed by atoms with van der Waals surface area (Å²) in [5.74, 6) is -2.19. The number of nitriles is 1. The molecule has 1 aliphatic carbocycles. The number of hydrogen-bond acceptors (Lipinski definition) is 12. The van der Waals surface area contributed by atoms with Crippen molar-refractivity contribution in [1.29, 1.82) is 5.26 Å². The van der Waals surface area contributed by atoms with E-state index in [2.05, 4.69) is 15.2 Å². The van der Waals surface area contributed by atoms with Gasteiger partial charge in [-0.2, -0.15) is 28.6 Å². The first kappa shape index (κ1) is 33.6. The number of fused-ring (bicyclic) bond motifs is 1. The minimum Gasteiger partial charge on any atom is -0.461 e. The summed E-state index contributed by atoms with van der Waals surface area (Å²) in [6, 6.07) is 11.2. The molecule has 2 aromatic heterocycles. The van der Waals surface area contributed by atoms with Crippen molar-refractivity contribution in [2.75, 3.05) is 12.3 Å². The highest BCUT2D eigenvalue weighted by atomic mass is 31.2. The van der Waals surface area contributed by atoms with Crippen LogP contribution in [0.5, 0.6) is 5.75 Å². The SMILES string of the molecule is C[C@H](N[P@@](=O)(OC[C@@]1(C#N)O[C@@H](c2ccc3c(N)ncnn23)[C@H](O)[C@@H]1O)Oc1ccccc1)C(=O)O[C@H]1CC[C@@H](C(F)(F)F)CC1. The van der Waals surface area contributed by atoms with E-state index in [1.807, 2.05) is 0 Å². The van der Waals surface area contributed by atoms with Gasteiger partial charge in [-0.3, -0.25) is 9.32 Å². The molecule has 1 saturated carbocycles. The van der Waals surface area contributed by atoms with Crippen LogP contribution in [0.25, 0.3) is 5.52 Å². The predicted octanol–water partition coefficient (Wildman–Crippen LogP) is 3.21. The van der Waals surface area contributed by atoms with E-state index >= 15 is 0 Å². The molecule has 5 rings (SSSR count). The van der Waals surface area contributed by atoms with E-state index in [4.69, 9.17) is 24.3 Å². The van der Waals surface area contributed by atoms with Gasteiger partial charge in [0.15, 0.2) is 5.82 Å². The maximum Gasteiger partial charge on any atom is 0.459 e. The Morgan fingerprint density at radius 3 is 2.59 bits per heavy atom. The lowest BCUT2D eigenvalue weighted by Crippen LogP contribution is -2.46. The molecule has 2 fully saturated rings. The number of aliphatic hydroxyl groups excluding tert-OH is 2. The average molecular weight is 669 g/mol. The van der Waals surface area contributed by atoms with Gasteiger partial charge < -0.3 is 29.9 Å². The molecule has 2 aliphatic rings. The van der Waals surface area contributed by atoms with E-state index in [0.29, 0.717) is 5.52 Å². The Kier molecular flexibility index (Phi) is 9.60. The number of anilines is 1. The van der Waals surface area contributed by atoms with Crippen LogP contribution in [0.1, 0.15) is 44.4 Å². The maximum atomic E-state index is 14.0. The molecular weight excluding hydrogens is 636 g/mol. The highest BCUT2D eigenvalue weighted by Gasteiger charge is 2.57. The predicted molar refractivity (Wildman–Crippen MR) is 153 cm³/mol. The van der Waals surface area contributed by atoms with Crippen molar-refractivity contribution in [3.05, 3.63) is 54.5 Å². The van der Waals surface area contributed by atoms with Crippen molar-refractivity contribution < 1.29 is 51.3 Å². The number of esters is 1. The fourth-order valence-corrected chi connectivity index (χ4v) is 6.95. The molecule has 1 aliphatic heterocycles. The zero-order valence-corrected chi connectivity index (χ0v) is 25.3. The molecule has 0 bridgehead atoms. The largest absolute Gasteiger partial charge is 0.461 e. The van der Waals surface area contributed by atoms with E-state index in [1.165, 1.54) is 36.0 Å². The van der Waals surface area contributed by atoms with Crippen molar-refractivity contribution in [3.8, 4) is 11.8 Å². The third-order valence-corrected chi connectivity index (χ3v) is 9.61. The van der Waals surface area contributed by atoms with Crippen LogP contribution < -0.4 is 15.3 Å². The lowest BCUT2D eigenvalue weighted by Gasteiger charge is -2.31. The zero-order chi connectivity index (χ0) is 33.3. The molecular formula is C28H32F3N6O8P. The summed E-state index contributed by atoms with van der Waals surface area (Å²) in [6.07, 6.45) is -9.11. The molecule has 1 aromatic carbocycles. The highest BCUT2D eigenvalue weighted by Crippen LogP contribution is 2.48. The number of nitrogens with one attached hydrogen (secondary N) is 1. The van der Waals surface area contributed by atoms with Crippen LogP contribution in [-0.4, -0.2) is 73.5 Å². The maximum absolute atomic E-state index is 14.0. The first-order valence-electron chi connectivity index (χ1n) is 14.3. The first-order chi connectivity index (χ1) is 21.7. The third-order valence-electron chi connectivity index (χ3n) is 7.98. The van der Waals surface area contributed by atoms with Gasteiger partial charge in [0.2, 0.25) is 5.60 Å². The number of carbonyl (C=O) groups excluding carboxylic acids is 1. The van der Waals surface area contributed by atoms with Crippen molar-refractivity contribution in [2.24, 2.45) is 5.92 Å². The van der Waals surface area contributed by atoms with Crippen LogP contribution in [0.2, 0.25) is 0 Å². The smallest absolute Gasteiger partial charge is 0.459 e. The summed E-state index contributed by atoms with van der Waals surface area (Å²) in [5, 5.41) is 38.5. The summed E-state index contributed by atoms with van der Waals surface area (Å²) in [5.41, 5.74) is 4.22. The standard InChI is InChI=1S/C28H32F3N6O8P/c1-16(26(40)43-18-9-7-17(8-10-18)28(29,30)31)36-46(41,45-19-5-3-2-4-6-19)42-14-27(13-32)24(39)22(38)23(44-27)20-11-12-21-25(33)34-15-35-37(20)21/h2-6,11-12,15-18,22-24,38-39H,7-10,14H2,1H3,(H,36,41)(H2,33,34,35)/t16-,17-,18+,22-,23-,24-,27+,46+/m0/s1. The van der Waals surface area contributed by atoms with Crippen LogP contribution in [0.3, 0.4) is 0 Å². The first-order valence-corrected chi connectivity index (χ1v) is 15.9. The molecule has 3 heterocycles. The number of nitrogens with two attached hydrogens (primary N) is 1. The fraction of sp³-hybridized carbons (Fsp3) is 0.500. The number of aromatic nitrogens is 3. The highest BCUT2D eigenvalue weighted by molar-refractivity contribution is 7.52. The van der Waals surface area contributed by atoms with Crippen LogP contribution in [0.4, 0.5) is 19.0 Å². The number of hydrogen-bond donors (Lipinski definition) is 4. The normalized spacial score (nSPS) is 28.7. The van der Waals surface area contributed by atoms with E-state index in [1.54, 1.807) is 30.3 Å². The zero-order valence-electron chi connectivity index (χ0n) is 24.4. The molecule has 248 valence electrons. The molecule has 18 heteroatoms. The Morgan fingerprint density at radius 1 is 1.24 bits per heavy atom. The van der Waals surface area contributed by atoms with Gasteiger partial charge in [0.05, 0.1) is 11.6 Å². The van der Waals surface area contributed by atoms with Crippen LogP contribution >= 0.6 is 7.75 Å². The number of rotatable bonds is 10. The number of alkyl halides is 3. The lowest BCUT2D eigenvalue weighted by molar-refractivity contribution is -0.188. The molecule has 0 radical (unpaired) electrons. The van der Waals surface area contributed by atoms with Crippen molar-refractivity contribution in [3.63, 3.8) is 0 Å². The minimum absolute atomic E-state index is 0.0102. The molecule has 46 heavy (non-hydrogen) atoms. The average Bonchev–Trinajstić information content (AvgIpc) is 3.56. The quantitative estimate of drug-likeness (QED) is 0.181. The Bertz CT molecular complexity index is 1630. The van der Waals surface area contributed by atoms with Crippen LogP contribution in [-0.2, 0) is 23.4 Å². The molecule has 0 spiro atoms.